The molecule has 5 aliphatic rings. The lowest BCUT2D eigenvalue weighted by Gasteiger charge is -2.56. The van der Waals surface area contributed by atoms with Gasteiger partial charge >= 0.3 is 5.97 Å². The predicted octanol–water partition coefficient (Wildman–Crippen LogP) is 5.31. The Balaban J connectivity index is 1.23. The number of aliphatic carboxylic acids is 1. The zero-order chi connectivity index (χ0) is 28.2. The van der Waals surface area contributed by atoms with Crippen LogP contribution in [0.5, 0.6) is 0 Å². The minimum atomic E-state index is -1.06. The number of carboxylic acids is 1. The molecule has 4 heterocycles. The van der Waals surface area contributed by atoms with Gasteiger partial charge in [-0.2, -0.15) is 0 Å². The van der Waals surface area contributed by atoms with Crippen molar-refractivity contribution in [1.82, 2.24) is 19.4 Å². The molecule has 220 valence electrons. The van der Waals surface area contributed by atoms with Crippen molar-refractivity contribution in [1.29, 1.82) is 0 Å². The van der Waals surface area contributed by atoms with E-state index in [1.54, 1.807) is 0 Å². The van der Waals surface area contributed by atoms with Crippen LogP contribution in [-0.2, 0) is 9.59 Å². The summed E-state index contributed by atoms with van der Waals surface area (Å²) in [5.41, 5.74) is 1.79. The lowest BCUT2D eigenvalue weighted by molar-refractivity contribution is -0.148. The first-order chi connectivity index (χ1) is 19.9. The van der Waals surface area contributed by atoms with Crippen LogP contribution in [0.15, 0.2) is 29.1 Å². The molecule has 2 aliphatic carbocycles. The van der Waals surface area contributed by atoms with E-state index in [9.17, 15) is 19.5 Å². The van der Waals surface area contributed by atoms with E-state index in [0.717, 1.165) is 41.6 Å². The van der Waals surface area contributed by atoms with Crippen molar-refractivity contribution in [2.24, 2.45) is 17.8 Å². The van der Waals surface area contributed by atoms with E-state index in [0.29, 0.717) is 43.1 Å². The van der Waals surface area contributed by atoms with E-state index in [-0.39, 0.29) is 17.5 Å². The van der Waals surface area contributed by atoms with Crippen LogP contribution in [0.25, 0.3) is 11.0 Å². The van der Waals surface area contributed by atoms with E-state index in [4.69, 9.17) is 4.98 Å². The largest absolute Gasteiger partial charge is 0.480 e. The van der Waals surface area contributed by atoms with Gasteiger partial charge < -0.3 is 14.6 Å². The van der Waals surface area contributed by atoms with Crippen molar-refractivity contribution in [2.75, 3.05) is 6.54 Å². The Kier molecular flexibility index (Phi) is 7.16. The fourth-order valence-electron chi connectivity index (χ4n) is 9.89. The molecule has 1 N–H and O–H groups in total. The molecule has 1 amide bonds. The SMILES string of the molecule is CC1C[C@@H]2CC(N3[C@H]4CCC[C@H]3CC(n3c(=O)c(C5CCCC(=O)N5CC(=O)O)nc5ccccc53)C4)C[C@@H](C1)C2. The topological polar surface area (TPSA) is 95.7 Å². The van der Waals surface area contributed by atoms with Crippen LogP contribution in [-0.4, -0.2) is 61.0 Å². The van der Waals surface area contributed by atoms with Crippen LogP contribution in [0.3, 0.4) is 0 Å². The summed E-state index contributed by atoms with van der Waals surface area (Å²) in [6.07, 6.45) is 14.0. The van der Waals surface area contributed by atoms with Gasteiger partial charge in [0.1, 0.15) is 12.2 Å². The number of benzene rings is 1. The second kappa shape index (κ2) is 10.8. The molecule has 0 radical (unpaired) electrons. The molecule has 7 rings (SSSR count). The van der Waals surface area contributed by atoms with Gasteiger partial charge in [-0.15, -0.1) is 0 Å². The molecule has 1 aromatic carbocycles. The number of fused-ring (bicyclic) bond motifs is 5. The van der Waals surface area contributed by atoms with Gasteiger partial charge in [0.15, 0.2) is 0 Å². The summed E-state index contributed by atoms with van der Waals surface area (Å²) in [7, 11) is 0. The second-order valence-electron chi connectivity index (χ2n) is 14.0. The van der Waals surface area contributed by atoms with E-state index >= 15 is 0 Å². The molecule has 4 bridgehead atoms. The maximum absolute atomic E-state index is 14.4. The number of piperidine rings is 3. The smallest absolute Gasteiger partial charge is 0.323 e. The fourth-order valence-corrected chi connectivity index (χ4v) is 9.89. The highest BCUT2D eigenvalue weighted by Gasteiger charge is 2.46. The molecular formula is C33H44N4O4. The molecule has 8 nitrogen and oxygen atoms in total. The number of hydrogen-bond donors (Lipinski definition) is 1. The average molecular weight is 561 g/mol. The van der Waals surface area contributed by atoms with E-state index in [1.165, 1.54) is 56.3 Å². The van der Waals surface area contributed by atoms with Gasteiger partial charge in [-0.25, -0.2) is 4.98 Å². The number of aromatic nitrogens is 2. The summed E-state index contributed by atoms with van der Waals surface area (Å²) in [5.74, 6) is 1.35. The van der Waals surface area contributed by atoms with Gasteiger partial charge in [0, 0.05) is 30.6 Å². The Hall–Kier alpha value is -2.74. The second-order valence-corrected chi connectivity index (χ2v) is 14.0. The third kappa shape index (κ3) is 5.00. The molecular weight excluding hydrogens is 516 g/mol. The summed E-state index contributed by atoms with van der Waals surface area (Å²) in [6.45, 7) is 2.04. The molecule has 3 saturated heterocycles. The third-order valence-corrected chi connectivity index (χ3v) is 11.1. The van der Waals surface area contributed by atoms with Gasteiger partial charge in [-0.05, 0) is 101 Å². The fraction of sp³-hybridized carbons (Fsp3) is 0.697. The van der Waals surface area contributed by atoms with E-state index < -0.39 is 18.6 Å². The standard InChI is InChI=1S/C33H44N4O4/c1-20-12-21-14-22(13-20)16-25(15-21)36-23-6-4-7-24(36)18-26(17-23)37-28-9-3-2-8-27(28)34-32(33(37)41)29-10-5-11-30(38)35(29)19-31(39)40/h2-3,8-9,20-26,29H,4-7,10-19H2,1H3,(H,39,40)/t20?,21-,22-,23-,24-,25?,29?/m0/s1. The summed E-state index contributed by atoms with van der Waals surface area (Å²) >= 11 is 0. The van der Waals surface area contributed by atoms with Gasteiger partial charge in [-0.1, -0.05) is 25.5 Å². The number of likely N-dealkylation sites (tertiary alicyclic amines) is 1. The van der Waals surface area contributed by atoms with Crippen LogP contribution >= 0.6 is 0 Å². The molecule has 5 atom stereocenters. The van der Waals surface area contributed by atoms with Crippen molar-refractivity contribution in [2.45, 2.75) is 121 Å². The van der Waals surface area contributed by atoms with Gasteiger partial charge in [0.05, 0.1) is 17.1 Å². The molecule has 3 aliphatic heterocycles. The number of nitrogens with zero attached hydrogens (tertiary/aromatic N) is 4. The summed E-state index contributed by atoms with van der Waals surface area (Å²) in [5, 5.41) is 9.53. The molecule has 41 heavy (non-hydrogen) atoms. The minimum Gasteiger partial charge on any atom is -0.480 e. The van der Waals surface area contributed by atoms with Crippen molar-refractivity contribution >= 4 is 22.9 Å². The zero-order valence-corrected chi connectivity index (χ0v) is 24.3. The number of hydrogen-bond acceptors (Lipinski definition) is 5. The highest BCUT2D eigenvalue weighted by atomic mass is 16.4. The van der Waals surface area contributed by atoms with Crippen LogP contribution in [0.4, 0.5) is 0 Å². The van der Waals surface area contributed by atoms with Crippen molar-refractivity contribution < 1.29 is 14.7 Å². The van der Waals surface area contributed by atoms with Gasteiger partial charge in [0.2, 0.25) is 5.91 Å². The Morgan fingerprint density at radius 1 is 0.878 bits per heavy atom. The van der Waals surface area contributed by atoms with Crippen LogP contribution < -0.4 is 5.56 Å². The van der Waals surface area contributed by atoms with Crippen LogP contribution in [0.1, 0.15) is 108 Å². The lowest BCUT2D eigenvalue weighted by atomic mass is 9.65. The molecule has 2 saturated carbocycles. The summed E-state index contributed by atoms with van der Waals surface area (Å²) < 4.78 is 2.00. The molecule has 5 fully saturated rings. The number of amides is 1. The Morgan fingerprint density at radius 3 is 2.29 bits per heavy atom. The number of para-hydroxylation sites is 2. The zero-order valence-electron chi connectivity index (χ0n) is 24.3. The Morgan fingerprint density at radius 2 is 1.59 bits per heavy atom. The van der Waals surface area contributed by atoms with Gasteiger partial charge in [0.25, 0.3) is 5.56 Å². The maximum Gasteiger partial charge on any atom is 0.323 e. The average Bonchev–Trinajstić information content (AvgIpc) is 2.92. The quantitative estimate of drug-likeness (QED) is 0.533. The van der Waals surface area contributed by atoms with Crippen molar-refractivity contribution in [3.05, 3.63) is 40.3 Å². The number of carbonyl (C=O) groups is 2. The first-order valence-electron chi connectivity index (χ1n) is 16.2. The highest BCUT2D eigenvalue weighted by Crippen LogP contribution is 2.48. The Labute approximate surface area is 242 Å². The van der Waals surface area contributed by atoms with E-state index in [2.05, 4.69) is 11.8 Å². The van der Waals surface area contributed by atoms with E-state index in [1.807, 2.05) is 28.8 Å². The van der Waals surface area contributed by atoms with Crippen LogP contribution in [0, 0.1) is 17.8 Å². The normalized spacial score (nSPS) is 35.9. The minimum absolute atomic E-state index is 0.0797. The highest BCUT2D eigenvalue weighted by molar-refractivity contribution is 5.82. The third-order valence-electron chi connectivity index (χ3n) is 11.1. The summed E-state index contributed by atoms with van der Waals surface area (Å²) in [6, 6.07) is 9.01. The lowest BCUT2D eigenvalue weighted by Crippen LogP contribution is -2.59. The van der Waals surface area contributed by atoms with Crippen LogP contribution in [0.2, 0.25) is 0 Å². The molecule has 1 unspecified atom stereocenters. The molecule has 1 aromatic heterocycles. The molecule has 2 aromatic rings. The Bertz CT molecular complexity index is 1360. The predicted molar refractivity (Wildman–Crippen MR) is 156 cm³/mol. The number of rotatable bonds is 5. The number of carboxylic acid groups (broad SMARTS) is 1. The summed E-state index contributed by atoms with van der Waals surface area (Å²) in [4.78, 5) is 47.9. The van der Waals surface area contributed by atoms with Gasteiger partial charge in [-0.3, -0.25) is 19.3 Å². The van der Waals surface area contributed by atoms with Crippen molar-refractivity contribution in [3.63, 3.8) is 0 Å². The molecule has 0 spiro atoms. The maximum atomic E-state index is 14.4. The molecule has 8 heteroatoms. The monoisotopic (exact) mass is 560 g/mol. The number of carbonyl (C=O) groups excluding carboxylic acids is 1. The first kappa shape index (κ1) is 27.1. The van der Waals surface area contributed by atoms with Crippen molar-refractivity contribution in [3.8, 4) is 0 Å². The first-order valence-corrected chi connectivity index (χ1v) is 16.2.